The molecule has 2 aromatic heterocycles. The van der Waals surface area contributed by atoms with Gasteiger partial charge in [0.05, 0.1) is 11.4 Å². The van der Waals surface area contributed by atoms with Crippen molar-refractivity contribution >= 4 is 22.4 Å². The molecule has 28 heavy (non-hydrogen) atoms. The number of nitrogens with zero attached hydrogens (tertiary/aromatic N) is 3. The van der Waals surface area contributed by atoms with Crippen LogP contribution in [0.2, 0.25) is 0 Å². The van der Waals surface area contributed by atoms with Gasteiger partial charge in [-0.25, -0.2) is 13.8 Å². The molecule has 0 spiro atoms. The third-order valence-electron chi connectivity index (χ3n) is 3.78. The summed E-state index contributed by atoms with van der Waals surface area (Å²) in [4.78, 5) is 16.9. The van der Waals surface area contributed by atoms with E-state index in [0.29, 0.717) is 16.8 Å². The first-order valence-corrected chi connectivity index (χ1v) is 8.12. The minimum Gasteiger partial charge on any atom is -0.472 e. The molecular formula is C19H15F2N5O2. The van der Waals surface area contributed by atoms with Crippen LogP contribution in [-0.4, -0.2) is 40.6 Å². The number of halogens is 2. The van der Waals surface area contributed by atoms with Gasteiger partial charge in [0.1, 0.15) is 16.6 Å². The van der Waals surface area contributed by atoms with Gasteiger partial charge in [-0.2, -0.15) is 9.78 Å². The van der Waals surface area contributed by atoms with E-state index in [1.165, 1.54) is 18.2 Å². The van der Waals surface area contributed by atoms with Crippen LogP contribution in [0.5, 0.6) is 5.88 Å². The molecule has 0 radical (unpaired) electrons. The molecule has 3 rings (SSSR count). The van der Waals surface area contributed by atoms with Crippen LogP contribution in [0.1, 0.15) is 5.56 Å². The average molecular weight is 383 g/mol. The normalized spacial score (nSPS) is 15.0. The number of hydrogen-bond donors (Lipinski definition) is 2. The molecule has 7 nitrogen and oxygen atoms in total. The van der Waals surface area contributed by atoms with E-state index >= 15 is 0 Å². The Morgan fingerprint density at radius 3 is 2.89 bits per heavy atom. The smallest absolute Gasteiger partial charge is 0.289 e. The molecule has 0 saturated carbocycles. The molecule has 2 N–H and O–H groups in total. The highest BCUT2D eigenvalue weighted by atomic mass is 19.3. The molecule has 1 aliphatic carbocycles. The molecule has 0 aliphatic heterocycles. The molecule has 2 heterocycles. The second-order valence-corrected chi connectivity index (χ2v) is 5.66. The van der Waals surface area contributed by atoms with E-state index in [4.69, 9.17) is 16.6 Å². The Balaban J connectivity index is 2.14. The van der Waals surface area contributed by atoms with Crippen LogP contribution in [0.3, 0.4) is 0 Å². The molecule has 0 saturated heterocycles. The maximum Gasteiger partial charge on any atom is 0.289 e. The Morgan fingerprint density at radius 2 is 2.21 bits per heavy atom. The van der Waals surface area contributed by atoms with Crippen molar-refractivity contribution in [2.45, 2.75) is 6.43 Å². The maximum atomic E-state index is 12.8. The van der Waals surface area contributed by atoms with Crippen LogP contribution in [0.15, 0.2) is 46.9 Å². The Hall–Kier alpha value is -3.80. The molecule has 142 valence electrons. The fraction of sp³-hybridized carbons (Fsp3) is 0.158. The van der Waals surface area contributed by atoms with Gasteiger partial charge in [0.2, 0.25) is 5.88 Å². The second kappa shape index (κ2) is 7.84. The Kier molecular flexibility index (Phi) is 5.31. The number of ether oxygens (including phenoxy) is 1. The van der Waals surface area contributed by atoms with Crippen molar-refractivity contribution < 1.29 is 13.5 Å². The molecule has 0 amide bonds. The Bertz CT molecular complexity index is 1140. The van der Waals surface area contributed by atoms with E-state index in [0.717, 1.165) is 4.68 Å². The number of pyridine rings is 1. The zero-order chi connectivity index (χ0) is 20.3. The van der Waals surface area contributed by atoms with E-state index in [1.54, 1.807) is 25.4 Å². The minimum absolute atomic E-state index is 0.0680. The average Bonchev–Trinajstić information content (AvgIpc) is 2.68. The summed E-state index contributed by atoms with van der Waals surface area (Å²) >= 11 is 0. The van der Waals surface area contributed by atoms with Crippen LogP contribution in [0, 0.1) is 17.8 Å². The highest BCUT2D eigenvalue weighted by Crippen LogP contribution is 2.20. The van der Waals surface area contributed by atoms with Crippen LogP contribution in [0.4, 0.5) is 8.78 Å². The van der Waals surface area contributed by atoms with E-state index in [2.05, 4.69) is 21.3 Å². The molecule has 2 aromatic rings. The standard InChI is InChI=1S/C19H15F2N5O2/c1-3-13-18-15(6-7-17(24-18)28-10-16(20)21)25-26(19(13)27)12-4-5-14(22)11(8-12)9-23-2/h1,4-9,16,22-23H,10H2,2H3/b11-9-,22-14?. The molecular weight excluding hydrogens is 368 g/mol. The van der Waals surface area contributed by atoms with Crippen LogP contribution in [-0.2, 0) is 0 Å². The van der Waals surface area contributed by atoms with E-state index in [9.17, 15) is 13.6 Å². The highest BCUT2D eigenvalue weighted by molar-refractivity contribution is 6.11. The van der Waals surface area contributed by atoms with Gasteiger partial charge >= 0.3 is 0 Å². The van der Waals surface area contributed by atoms with Crippen LogP contribution >= 0.6 is 0 Å². The second-order valence-electron chi connectivity index (χ2n) is 5.66. The van der Waals surface area contributed by atoms with Crippen molar-refractivity contribution in [3.8, 4) is 18.2 Å². The summed E-state index contributed by atoms with van der Waals surface area (Å²) in [5, 5.41) is 15.0. The number of alkyl halides is 2. The number of fused-ring (bicyclic) bond motifs is 1. The largest absolute Gasteiger partial charge is 0.472 e. The lowest BCUT2D eigenvalue weighted by Gasteiger charge is -2.13. The van der Waals surface area contributed by atoms with Gasteiger partial charge in [-0.05, 0) is 24.3 Å². The Labute approximate surface area is 158 Å². The van der Waals surface area contributed by atoms with Gasteiger partial charge in [-0.15, -0.1) is 6.42 Å². The molecule has 0 atom stereocenters. The number of nitrogens with one attached hydrogen (secondary N) is 2. The quantitative estimate of drug-likeness (QED) is 0.770. The fourth-order valence-corrected chi connectivity index (χ4v) is 2.55. The van der Waals surface area contributed by atoms with Crippen molar-refractivity contribution in [1.82, 2.24) is 20.1 Å². The van der Waals surface area contributed by atoms with Gasteiger partial charge < -0.3 is 15.5 Å². The van der Waals surface area contributed by atoms with Gasteiger partial charge in [0.25, 0.3) is 12.0 Å². The number of allylic oxidation sites excluding steroid dienone is 5. The number of terminal acetylenes is 1. The lowest BCUT2D eigenvalue weighted by atomic mass is 10.0. The zero-order valence-corrected chi connectivity index (χ0v) is 14.7. The molecule has 0 bridgehead atoms. The predicted octanol–water partition coefficient (Wildman–Crippen LogP) is 1.95. The lowest BCUT2D eigenvalue weighted by Crippen LogP contribution is -2.26. The minimum atomic E-state index is -2.65. The van der Waals surface area contributed by atoms with Gasteiger partial charge in [-0.1, -0.05) is 5.92 Å². The van der Waals surface area contributed by atoms with E-state index in [-0.39, 0.29) is 22.7 Å². The van der Waals surface area contributed by atoms with Gasteiger partial charge in [0.15, 0.2) is 6.61 Å². The number of aromatic nitrogens is 3. The highest BCUT2D eigenvalue weighted by Gasteiger charge is 2.17. The molecule has 1 aliphatic rings. The third kappa shape index (κ3) is 3.66. The summed E-state index contributed by atoms with van der Waals surface area (Å²) in [5.41, 5.74) is 0.972. The molecule has 0 unspecified atom stereocenters. The topological polar surface area (TPSA) is 92.9 Å². The third-order valence-corrected chi connectivity index (χ3v) is 3.78. The first kappa shape index (κ1) is 19.0. The van der Waals surface area contributed by atoms with Crippen molar-refractivity contribution in [3.63, 3.8) is 0 Å². The molecule has 0 fully saturated rings. The van der Waals surface area contributed by atoms with Crippen molar-refractivity contribution in [2.75, 3.05) is 13.7 Å². The van der Waals surface area contributed by atoms with Gasteiger partial charge in [-0.3, -0.25) is 4.79 Å². The first-order chi connectivity index (χ1) is 13.4. The van der Waals surface area contributed by atoms with Crippen LogP contribution in [0.25, 0.3) is 16.7 Å². The summed E-state index contributed by atoms with van der Waals surface area (Å²) in [7, 11) is 1.70. The summed E-state index contributed by atoms with van der Waals surface area (Å²) in [5.74, 6) is 2.22. The maximum absolute atomic E-state index is 12.8. The van der Waals surface area contributed by atoms with Gasteiger partial charge in [0, 0.05) is 24.9 Å². The van der Waals surface area contributed by atoms with E-state index < -0.39 is 18.6 Å². The summed E-state index contributed by atoms with van der Waals surface area (Å²) < 4.78 is 30.7. The summed E-state index contributed by atoms with van der Waals surface area (Å²) in [6.07, 6.45) is 9.19. The fourth-order valence-electron chi connectivity index (χ4n) is 2.55. The number of hydrogen-bond acceptors (Lipinski definition) is 6. The first-order valence-electron chi connectivity index (χ1n) is 8.12. The van der Waals surface area contributed by atoms with Crippen molar-refractivity contribution in [2.24, 2.45) is 0 Å². The zero-order valence-electron chi connectivity index (χ0n) is 14.7. The van der Waals surface area contributed by atoms with Crippen molar-refractivity contribution in [3.05, 3.63) is 58.1 Å². The molecule has 0 aromatic carbocycles. The number of rotatable bonds is 5. The monoisotopic (exact) mass is 383 g/mol. The summed E-state index contributed by atoms with van der Waals surface area (Å²) in [6.45, 7) is -0.821. The lowest BCUT2D eigenvalue weighted by molar-refractivity contribution is 0.0797. The SMILES string of the molecule is C#Cc1c(=O)n(C2=C/C(=C/NC)C(=N)C=C2)nc2ccc(OCC(F)F)nc12. The molecule has 9 heteroatoms. The van der Waals surface area contributed by atoms with E-state index in [1.807, 2.05) is 0 Å². The van der Waals surface area contributed by atoms with Crippen molar-refractivity contribution in [1.29, 1.82) is 5.41 Å². The van der Waals surface area contributed by atoms with Crippen LogP contribution < -0.4 is 15.6 Å². The Morgan fingerprint density at radius 1 is 1.43 bits per heavy atom. The summed E-state index contributed by atoms with van der Waals surface area (Å²) in [6, 6.07) is 2.86. The predicted molar refractivity (Wildman–Crippen MR) is 102 cm³/mol.